The number of aromatic nitrogens is 2. The van der Waals surface area contributed by atoms with Gasteiger partial charge in [-0.25, -0.2) is 0 Å². The highest BCUT2D eigenvalue weighted by molar-refractivity contribution is 5.09. The van der Waals surface area contributed by atoms with Gasteiger partial charge in [0, 0.05) is 18.7 Å². The van der Waals surface area contributed by atoms with Crippen LogP contribution in [0.15, 0.2) is 12.3 Å². The molecule has 0 aliphatic rings. The molecule has 0 radical (unpaired) electrons. The molecule has 1 aromatic rings. The number of hydrogen-bond acceptors (Lipinski definition) is 1. The summed E-state index contributed by atoms with van der Waals surface area (Å²) >= 11 is 0. The second kappa shape index (κ2) is 3.07. The standard InChI is InChI=1S/C8H14N2.CH4/c1-8(2,3)7-5-6-10(4)9-7;/h5-6H,1-4H3;1H4. The van der Waals surface area contributed by atoms with E-state index >= 15 is 0 Å². The quantitative estimate of drug-likeness (QED) is 0.561. The Morgan fingerprint density at radius 2 is 1.91 bits per heavy atom. The molecule has 2 heteroatoms. The van der Waals surface area contributed by atoms with Gasteiger partial charge in [0.2, 0.25) is 0 Å². The molecular formula is C9H18N2. The van der Waals surface area contributed by atoms with Gasteiger partial charge in [-0.05, 0) is 6.07 Å². The van der Waals surface area contributed by atoms with E-state index in [9.17, 15) is 0 Å². The molecule has 0 fully saturated rings. The Morgan fingerprint density at radius 1 is 1.36 bits per heavy atom. The number of aryl methyl sites for hydroxylation is 1. The summed E-state index contributed by atoms with van der Waals surface area (Å²) in [4.78, 5) is 0. The van der Waals surface area contributed by atoms with Gasteiger partial charge in [-0.1, -0.05) is 28.2 Å². The first-order chi connectivity index (χ1) is 4.50. The van der Waals surface area contributed by atoms with Crippen molar-refractivity contribution in [2.75, 3.05) is 0 Å². The molecule has 0 unspecified atom stereocenters. The van der Waals surface area contributed by atoms with Crippen molar-refractivity contribution < 1.29 is 0 Å². The van der Waals surface area contributed by atoms with E-state index < -0.39 is 0 Å². The van der Waals surface area contributed by atoms with Crippen LogP contribution in [0.3, 0.4) is 0 Å². The Kier molecular flexibility index (Phi) is 2.85. The van der Waals surface area contributed by atoms with E-state index in [-0.39, 0.29) is 12.8 Å². The van der Waals surface area contributed by atoms with Crippen LogP contribution in [0.25, 0.3) is 0 Å². The van der Waals surface area contributed by atoms with Gasteiger partial charge in [0.15, 0.2) is 0 Å². The molecule has 1 aromatic heterocycles. The van der Waals surface area contributed by atoms with Crippen molar-refractivity contribution in [2.24, 2.45) is 7.05 Å². The average Bonchev–Trinajstić information content (AvgIpc) is 2.11. The predicted octanol–water partition coefficient (Wildman–Crippen LogP) is 2.35. The lowest BCUT2D eigenvalue weighted by molar-refractivity contribution is 0.553. The third-order valence-electron chi connectivity index (χ3n) is 1.48. The van der Waals surface area contributed by atoms with Gasteiger partial charge in [0.05, 0.1) is 5.69 Å². The topological polar surface area (TPSA) is 17.8 Å². The maximum absolute atomic E-state index is 4.30. The van der Waals surface area contributed by atoms with Gasteiger partial charge < -0.3 is 0 Å². The smallest absolute Gasteiger partial charge is 0.0677 e. The SMILES string of the molecule is C.Cn1ccc(C(C)(C)C)n1. The van der Waals surface area contributed by atoms with Crippen molar-refractivity contribution in [3.63, 3.8) is 0 Å². The lowest BCUT2D eigenvalue weighted by Crippen LogP contribution is -2.12. The molecule has 0 saturated heterocycles. The summed E-state index contributed by atoms with van der Waals surface area (Å²) in [5.41, 5.74) is 1.33. The lowest BCUT2D eigenvalue weighted by atomic mass is 9.93. The van der Waals surface area contributed by atoms with Crippen LogP contribution in [-0.2, 0) is 12.5 Å². The van der Waals surface area contributed by atoms with Crippen LogP contribution in [0.5, 0.6) is 0 Å². The monoisotopic (exact) mass is 154 g/mol. The third-order valence-corrected chi connectivity index (χ3v) is 1.48. The largest absolute Gasteiger partial charge is 0.276 e. The van der Waals surface area contributed by atoms with Crippen molar-refractivity contribution >= 4 is 0 Å². The van der Waals surface area contributed by atoms with Crippen molar-refractivity contribution in [2.45, 2.75) is 33.6 Å². The fourth-order valence-corrected chi connectivity index (χ4v) is 0.815. The maximum Gasteiger partial charge on any atom is 0.0677 e. The van der Waals surface area contributed by atoms with Crippen LogP contribution >= 0.6 is 0 Å². The second-order valence-corrected chi connectivity index (χ2v) is 3.62. The highest BCUT2D eigenvalue weighted by Gasteiger charge is 2.15. The normalized spacial score (nSPS) is 10.9. The molecular weight excluding hydrogens is 136 g/mol. The zero-order valence-electron chi connectivity index (χ0n) is 7.05. The summed E-state index contributed by atoms with van der Waals surface area (Å²) in [5, 5.41) is 4.30. The molecule has 0 amide bonds. The summed E-state index contributed by atoms with van der Waals surface area (Å²) < 4.78 is 1.83. The Bertz CT molecular complexity index is 218. The van der Waals surface area contributed by atoms with Gasteiger partial charge in [0.25, 0.3) is 0 Å². The minimum absolute atomic E-state index is 0. The van der Waals surface area contributed by atoms with E-state index in [1.165, 1.54) is 0 Å². The van der Waals surface area contributed by atoms with E-state index in [0.29, 0.717) is 0 Å². The van der Waals surface area contributed by atoms with Crippen LogP contribution in [0.2, 0.25) is 0 Å². The molecule has 1 rings (SSSR count). The molecule has 0 saturated carbocycles. The molecule has 1 heterocycles. The molecule has 0 N–H and O–H groups in total. The number of hydrogen-bond donors (Lipinski definition) is 0. The Balaban J connectivity index is 0.000001000. The first-order valence-corrected chi connectivity index (χ1v) is 3.50. The van der Waals surface area contributed by atoms with Crippen molar-refractivity contribution in [3.8, 4) is 0 Å². The average molecular weight is 154 g/mol. The van der Waals surface area contributed by atoms with Crippen molar-refractivity contribution in [3.05, 3.63) is 18.0 Å². The van der Waals surface area contributed by atoms with Gasteiger partial charge in [0.1, 0.15) is 0 Å². The summed E-state index contributed by atoms with van der Waals surface area (Å²) in [5.74, 6) is 0. The zero-order chi connectivity index (χ0) is 7.78. The maximum atomic E-state index is 4.30. The number of nitrogens with zero attached hydrogens (tertiary/aromatic N) is 2. The summed E-state index contributed by atoms with van der Waals surface area (Å²) in [6.45, 7) is 6.49. The minimum Gasteiger partial charge on any atom is -0.276 e. The highest BCUT2D eigenvalue weighted by atomic mass is 15.2. The predicted molar refractivity (Wildman–Crippen MR) is 48.6 cm³/mol. The molecule has 0 aromatic carbocycles. The number of rotatable bonds is 0. The highest BCUT2D eigenvalue weighted by Crippen LogP contribution is 2.18. The molecule has 0 spiro atoms. The minimum atomic E-state index is 0. The summed E-state index contributed by atoms with van der Waals surface area (Å²) in [7, 11) is 1.94. The van der Waals surface area contributed by atoms with Crippen LogP contribution in [0.1, 0.15) is 33.9 Å². The Morgan fingerprint density at radius 3 is 2.09 bits per heavy atom. The second-order valence-electron chi connectivity index (χ2n) is 3.62. The molecule has 64 valence electrons. The zero-order valence-corrected chi connectivity index (χ0v) is 7.05. The van der Waals surface area contributed by atoms with Gasteiger partial charge >= 0.3 is 0 Å². The van der Waals surface area contributed by atoms with E-state index in [1.54, 1.807) is 0 Å². The summed E-state index contributed by atoms with van der Waals surface area (Å²) in [6.07, 6.45) is 1.97. The molecule has 11 heavy (non-hydrogen) atoms. The van der Waals surface area contributed by atoms with Crippen LogP contribution in [0.4, 0.5) is 0 Å². The Labute approximate surface area is 69.2 Å². The fraction of sp³-hybridized carbons (Fsp3) is 0.667. The summed E-state index contributed by atoms with van der Waals surface area (Å²) in [6, 6.07) is 2.06. The fourth-order valence-electron chi connectivity index (χ4n) is 0.815. The van der Waals surface area contributed by atoms with Gasteiger partial charge in [-0.3, -0.25) is 4.68 Å². The molecule has 2 nitrogen and oxygen atoms in total. The van der Waals surface area contributed by atoms with Crippen molar-refractivity contribution in [1.82, 2.24) is 9.78 Å². The molecule has 0 aliphatic heterocycles. The van der Waals surface area contributed by atoms with Crippen molar-refractivity contribution in [1.29, 1.82) is 0 Å². The first kappa shape index (κ1) is 10.2. The van der Waals surface area contributed by atoms with Crippen LogP contribution < -0.4 is 0 Å². The van der Waals surface area contributed by atoms with E-state index in [0.717, 1.165) is 5.69 Å². The first-order valence-electron chi connectivity index (χ1n) is 3.50. The van der Waals surface area contributed by atoms with E-state index in [4.69, 9.17) is 0 Å². The molecule has 0 bridgehead atoms. The van der Waals surface area contributed by atoms with E-state index in [1.807, 2.05) is 17.9 Å². The molecule has 0 aliphatic carbocycles. The van der Waals surface area contributed by atoms with Gasteiger partial charge in [-0.2, -0.15) is 5.10 Å². The third kappa shape index (κ3) is 2.37. The Hall–Kier alpha value is -0.790. The van der Waals surface area contributed by atoms with Crippen LogP contribution in [-0.4, -0.2) is 9.78 Å². The lowest BCUT2D eigenvalue weighted by Gasteiger charge is -2.13. The van der Waals surface area contributed by atoms with Gasteiger partial charge in [-0.15, -0.1) is 0 Å². The van der Waals surface area contributed by atoms with Crippen LogP contribution in [0, 0.1) is 0 Å². The van der Waals surface area contributed by atoms with E-state index in [2.05, 4.69) is 31.9 Å². The molecule has 0 atom stereocenters.